The second-order valence-corrected chi connectivity index (χ2v) is 5.25. The van der Waals surface area contributed by atoms with E-state index in [2.05, 4.69) is 11.8 Å². The highest BCUT2D eigenvalue weighted by Crippen LogP contribution is 2.21. The Balaban J connectivity index is 2.16. The quantitative estimate of drug-likeness (QED) is 0.696. The van der Waals surface area contributed by atoms with Gasteiger partial charge in [-0.3, -0.25) is 0 Å². The van der Waals surface area contributed by atoms with Crippen LogP contribution in [0.25, 0.3) is 0 Å². The van der Waals surface area contributed by atoms with Gasteiger partial charge in [-0.1, -0.05) is 20.3 Å². The zero-order valence-electron chi connectivity index (χ0n) is 10.9. The Morgan fingerprint density at radius 2 is 2.19 bits per heavy atom. The summed E-state index contributed by atoms with van der Waals surface area (Å²) in [5.41, 5.74) is 4.97. The maximum atomic E-state index is 10.1. The molecule has 1 heterocycles. The van der Waals surface area contributed by atoms with E-state index in [0.717, 1.165) is 31.7 Å². The average Bonchev–Trinajstić information content (AvgIpc) is 2.77. The van der Waals surface area contributed by atoms with Crippen molar-refractivity contribution in [3.63, 3.8) is 0 Å². The van der Waals surface area contributed by atoms with E-state index < -0.39 is 5.60 Å². The zero-order valence-corrected chi connectivity index (χ0v) is 10.9. The molecule has 0 bridgehead atoms. The van der Waals surface area contributed by atoms with Gasteiger partial charge in [0, 0.05) is 13.1 Å². The van der Waals surface area contributed by atoms with Gasteiger partial charge in [0.2, 0.25) is 0 Å². The molecule has 0 saturated carbocycles. The minimum atomic E-state index is -0.621. The van der Waals surface area contributed by atoms with Gasteiger partial charge in [-0.15, -0.1) is 0 Å². The average molecular weight is 228 g/mol. The van der Waals surface area contributed by atoms with Gasteiger partial charge in [-0.2, -0.15) is 0 Å². The Morgan fingerprint density at radius 1 is 1.44 bits per heavy atom. The van der Waals surface area contributed by atoms with Crippen molar-refractivity contribution in [1.29, 1.82) is 0 Å². The highest BCUT2D eigenvalue weighted by atomic mass is 16.3. The molecule has 0 aromatic carbocycles. The van der Waals surface area contributed by atoms with Gasteiger partial charge in [0.25, 0.3) is 0 Å². The molecule has 0 spiro atoms. The van der Waals surface area contributed by atoms with Crippen LogP contribution in [0.15, 0.2) is 0 Å². The smallest absolute Gasteiger partial charge is 0.0767 e. The zero-order chi connectivity index (χ0) is 12.0. The molecule has 0 amide bonds. The van der Waals surface area contributed by atoms with Crippen molar-refractivity contribution >= 4 is 0 Å². The molecule has 1 rings (SSSR count). The molecule has 1 saturated heterocycles. The number of hydrogen-bond acceptors (Lipinski definition) is 3. The highest BCUT2D eigenvalue weighted by Gasteiger charge is 2.24. The van der Waals surface area contributed by atoms with Crippen LogP contribution in [0, 0.1) is 5.92 Å². The predicted molar refractivity (Wildman–Crippen MR) is 68.4 cm³/mol. The van der Waals surface area contributed by atoms with Crippen LogP contribution in [0.4, 0.5) is 0 Å². The van der Waals surface area contributed by atoms with E-state index in [4.69, 9.17) is 5.73 Å². The minimum Gasteiger partial charge on any atom is -0.389 e. The maximum Gasteiger partial charge on any atom is 0.0767 e. The fourth-order valence-electron chi connectivity index (χ4n) is 2.50. The number of nitrogens with zero attached hydrogens (tertiary/aromatic N) is 1. The van der Waals surface area contributed by atoms with E-state index in [1.807, 2.05) is 6.92 Å². The third-order valence-corrected chi connectivity index (χ3v) is 4.10. The number of nitrogens with two attached hydrogens (primary N) is 1. The van der Waals surface area contributed by atoms with Crippen molar-refractivity contribution in [3.05, 3.63) is 0 Å². The molecule has 0 aromatic heterocycles. The summed E-state index contributed by atoms with van der Waals surface area (Å²) in [6.45, 7) is 8.30. The molecule has 3 nitrogen and oxygen atoms in total. The topological polar surface area (TPSA) is 49.5 Å². The summed E-state index contributed by atoms with van der Waals surface area (Å²) < 4.78 is 0. The molecular formula is C13H28N2O. The Morgan fingerprint density at radius 3 is 2.69 bits per heavy atom. The molecule has 96 valence electrons. The summed E-state index contributed by atoms with van der Waals surface area (Å²) >= 11 is 0. The van der Waals surface area contributed by atoms with Crippen LogP contribution in [-0.2, 0) is 0 Å². The number of likely N-dealkylation sites (tertiary alicyclic amines) is 1. The first-order valence-corrected chi connectivity index (χ1v) is 6.78. The third-order valence-electron chi connectivity index (χ3n) is 4.10. The largest absolute Gasteiger partial charge is 0.389 e. The molecule has 3 N–H and O–H groups in total. The van der Waals surface area contributed by atoms with Crippen molar-refractivity contribution in [2.75, 3.05) is 26.2 Å². The molecule has 0 aliphatic carbocycles. The summed E-state index contributed by atoms with van der Waals surface area (Å²) in [7, 11) is 0. The van der Waals surface area contributed by atoms with E-state index in [0.29, 0.717) is 6.54 Å². The highest BCUT2D eigenvalue weighted by molar-refractivity contribution is 4.79. The summed E-state index contributed by atoms with van der Waals surface area (Å²) in [4.78, 5) is 2.53. The molecule has 0 radical (unpaired) electrons. The standard InChI is InChI=1S/C13H28N2O/c1-3-12-6-9-15(10-12)8-5-7-13(16,4-2)11-14/h12,16H,3-11,14H2,1-2H3. The van der Waals surface area contributed by atoms with E-state index >= 15 is 0 Å². The van der Waals surface area contributed by atoms with Gasteiger partial charge < -0.3 is 15.7 Å². The van der Waals surface area contributed by atoms with Crippen molar-refractivity contribution in [2.24, 2.45) is 11.7 Å². The molecule has 1 aliphatic rings. The SMILES string of the molecule is CCC1CCN(CCCC(O)(CC)CN)C1. The van der Waals surface area contributed by atoms with Gasteiger partial charge in [0.05, 0.1) is 5.60 Å². The van der Waals surface area contributed by atoms with Crippen LogP contribution in [0.1, 0.15) is 46.0 Å². The minimum absolute atomic E-state index is 0.390. The first kappa shape index (κ1) is 13.9. The van der Waals surface area contributed by atoms with Crippen LogP contribution in [0.3, 0.4) is 0 Å². The van der Waals surface area contributed by atoms with Crippen molar-refractivity contribution in [1.82, 2.24) is 4.90 Å². The molecule has 1 fully saturated rings. The maximum absolute atomic E-state index is 10.1. The first-order chi connectivity index (χ1) is 7.63. The van der Waals surface area contributed by atoms with Gasteiger partial charge in [-0.05, 0) is 44.7 Å². The normalized spacial score (nSPS) is 25.9. The van der Waals surface area contributed by atoms with E-state index in [9.17, 15) is 5.11 Å². The van der Waals surface area contributed by atoms with Crippen molar-refractivity contribution in [3.8, 4) is 0 Å². The summed E-state index contributed by atoms with van der Waals surface area (Å²) in [6.07, 6.45) is 5.33. The van der Waals surface area contributed by atoms with Crippen LogP contribution in [-0.4, -0.2) is 41.8 Å². The van der Waals surface area contributed by atoms with E-state index in [-0.39, 0.29) is 0 Å². The Bertz CT molecular complexity index is 192. The van der Waals surface area contributed by atoms with Gasteiger partial charge in [-0.25, -0.2) is 0 Å². The molecule has 2 unspecified atom stereocenters. The molecule has 2 atom stereocenters. The fraction of sp³-hybridized carbons (Fsp3) is 1.00. The fourth-order valence-corrected chi connectivity index (χ4v) is 2.50. The van der Waals surface area contributed by atoms with Gasteiger partial charge >= 0.3 is 0 Å². The summed E-state index contributed by atoms with van der Waals surface area (Å²) in [6, 6.07) is 0. The third kappa shape index (κ3) is 4.04. The van der Waals surface area contributed by atoms with Crippen LogP contribution in [0.5, 0.6) is 0 Å². The lowest BCUT2D eigenvalue weighted by atomic mass is 9.95. The molecule has 3 heteroatoms. The first-order valence-electron chi connectivity index (χ1n) is 6.78. The monoisotopic (exact) mass is 228 g/mol. The van der Waals surface area contributed by atoms with E-state index in [1.165, 1.54) is 25.9 Å². The number of rotatable bonds is 7. The Labute approximate surface area is 100 Å². The second-order valence-electron chi connectivity index (χ2n) is 5.25. The Kier molecular flexibility index (Phi) is 5.73. The van der Waals surface area contributed by atoms with Gasteiger partial charge in [0.1, 0.15) is 0 Å². The summed E-state index contributed by atoms with van der Waals surface area (Å²) in [5.74, 6) is 0.902. The lowest BCUT2D eigenvalue weighted by Crippen LogP contribution is -2.37. The molecular weight excluding hydrogens is 200 g/mol. The second kappa shape index (κ2) is 6.58. The van der Waals surface area contributed by atoms with Crippen LogP contribution >= 0.6 is 0 Å². The Hall–Kier alpha value is -0.120. The van der Waals surface area contributed by atoms with Crippen molar-refractivity contribution in [2.45, 2.75) is 51.6 Å². The molecule has 0 aromatic rings. The lowest BCUT2D eigenvalue weighted by molar-refractivity contribution is 0.0321. The lowest BCUT2D eigenvalue weighted by Gasteiger charge is -2.26. The molecule has 16 heavy (non-hydrogen) atoms. The van der Waals surface area contributed by atoms with E-state index in [1.54, 1.807) is 0 Å². The summed E-state index contributed by atoms with van der Waals surface area (Å²) in [5, 5.41) is 10.1. The number of hydrogen-bond donors (Lipinski definition) is 2. The van der Waals surface area contributed by atoms with Crippen LogP contribution < -0.4 is 5.73 Å². The van der Waals surface area contributed by atoms with Gasteiger partial charge in [0.15, 0.2) is 0 Å². The van der Waals surface area contributed by atoms with Crippen molar-refractivity contribution < 1.29 is 5.11 Å². The molecule has 1 aliphatic heterocycles. The predicted octanol–water partition coefficient (Wildman–Crippen LogP) is 1.60. The van der Waals surface area contributed by atoms with Crippen LogP contribution in [0.2, 0.25) is 0 Å². The number of aliphatic hydroxyl groups is 1.